The van der Waals surface area contributed by atoms with Crippen LogP contribution in [-0.2, 0) is 6.54 Å². The fourth-order valence-corrected chi connectivity index (χ4v) is 2.55. The molecule has 0 saturated carbocycles. The van der Waals surface area contributed by atoms with Gasteiger partial charge in [-0.3, -0.25) is 0 Å². The number of hydrogen-bond acceptors (Lipinski definition) is 6. The van der Waals surface area contributed by atoms with Crippen molar-refractivity contribution in [3.8, 4) is 23.0 Å². The lowest BCUT2D eigenvalue weighted by atomic mass is 10.2. The first kappa shape index (κ1) is 17.1. The molecule has 0 fully saturated rings. The van der Waals surface area contributed by atoms with Gasteiger partial charge in [0.15, 0.2) is 0 Å². The maximum absolute atomic E-state index is 6.12. The third-order valence-corrected chi connectivity index (χ3v) is 4.12. The second-order valence-corrected chi connectivity index (χ2v) is 5.76. The Labute approximate surface area is 150 Å². The molecular weight excluding hydrogens is 342 g/mol. The predicted molar refractivity (Wildman–Crippen MR) is 96.4 cm³/mol. The topological polar surface area (TPSA) is 69.4 Å². The monoisotopic (exact) mass is 359 g/mol. The molecule has 3 aromatic rings. The molecule has 6 nitrogen and oxygen atoms in total. The number of para-hydroxylation sites is 1. The number of aromatic nitrogens is 2. The standard InChI is InChI=1S/C18H18ClN3O3/c1-11-8-14(16(24-3)9-13(11)19)20-10-17-21-22-18(25-17)12-6-4-5-7-15(12)23-2/h4-9,20H,10H2,1-3H3. The van der Waals surface area contributed by atoms with E-state index in [0.29, 0.717) is 34.8 Å². The molecule has 0 aliphatic carbocycles. The smallest absolute Gasteiger partial charge is 0.251 e. The van der Waals surface area contributed by atoms with Crippen molar-refractivity contribution >= 4 is 17.3 Å². The van der Waals surface area contributed by atoms with Crippen LogP contribution in [0.2, 0.25) is 5.02 Å². The molecule has 0 spiro atoms. The fourth-order valence-electron chi connectivity index (χ4n) is 2.40. The Morgan fingerprint density at radius 1 is 1.08 bits per heavy atom. The van der Waals surface area contributed by atoms with E-state index in [2.05, 4.69) is 15.5 Å². The molecule has 0 aliphatic heterocycles. The molecule has 1 aromatic heterocycles. The van der Waals surface area contributed by atoms with Crippen LogP contribution in [0, 0.1) is 6.92 Å². The molecule has 0 bridgehead atoms. The number of anilines is 1. The number of nitrogens with zero attached hydrogens (tertiary/aromatic N) is 2. The van der Waals surface area contributed by atoms with Crippen molar-refractivity contribution in [3.05, 3.63) is 52.9 Å². The van der Waals surface area contributed by atoms with Gasteiger partial charge in [-0.05, 0) is 30.7 Å². The lowest BCUT2D eigenvalue weighted by Crippen LogP contribution is -2.02. The Hall–Kier alpha value is -2.73. The first-order valence-electron chi connectivity index (χ1n) is 7.66. The summed E-state index contributed by atoms with van der Waals surface area (Å²) in [4.78, 5) is 0. The van der Waals surface area contributed by atoms with Crippen molar-refractivity contribution in [1.29, 1.82) is 0 Å². The predicted octanol–water partition coefficient (Wildman–Crippen LogP) is 4.33. The third kappa shape index (κ3) is 3.69. The van der Waals surface area contributed by atoms with Crippen molar-refractivity contribution < 1.29 is 13.9 Å². The van der Waals surface area contributed by atoms with Crippen molar-refractivity contribution in [2.24, 2.45) is 0 Å². The summed E-state index contributed by atoms with van der Waals surface area (Å²) in [6.07, 6.45) is 0. The van der Waals surface area contributed by atoms with Crippen molar-refractivity contribution in [2.45, 2.75) is 13.5 Å². The highest BCUT2D eigenvalue weighted by Gasteiger charge is 2.14. The largest absolute Gasteiger partial charge is 0.496 e. The molecule has 0 saturated heterocycles. The maximum atomic E-state index is 6.12. The molecule has 0 aliphatic rings. The van der Waals surface area contributed by atoms with E-state index >= 15 is 0 Å². The molecule has 0 radical (unpaired) electrons. The zero-order valence-electron chi connectivity index (χ0n) is 14.2. The molecule has 1 N–H and O–H groups in total. The summed E-state index contributed by atoms with van der Waals surface area (Å²) in [7, 11) is 3.20. The van der Waals surface area contributed by atoms with Gasteiger partial charge in [0, 0.05) is 11.1 Å². The summed E-state index contributed by atoms with van der Waals surface area (Å²) in [5, 5.41) is 12.1. The van der Waals surface area contributed by atoms with E-state index in [1.807, 2.05) is 37.3 Å². The van der Waals surface area contributed by atoms with Gasteiger partial charge in [0.1, 0.15) is 11.5 Å². The summed E-state index contributed by atoms with van der Waals surface area (Å²) in [5.41, 5.74) is 2.51. The highest BCUT2D eigenvalue weighted by atomic mass is 35.5. The zero-order valence-corrected chi connectivity index (χ0v) is 14.9. The molecule has 7 heteroatoms. The highest BCUT2D eigenvalue weighted by molar-refractivity contribution is 6.31. The minimum atomic E-state index is 0.361. The van der Waals surface area contributed by atoms with E-state index < -0.39 is 0 Å². The molecule has 2 aromatic carbocycles. The third-order valence-electron chi connectivity index (χ3n) is 3.72. The molecule has 3 rings (SSSR count). The Morgan fingerprint density at radius 3 is 2.60 bits per heavy atom. The van der Waals surface area contributed by atoms with Crippen LogP contribution in [0.25, 0.3) is 11.5 Å². The Morgan fingerprint density at radius 2 is 1.84 bits per heavy atom. The lowest BCUT2D eigenvalue weighted by Gasteiger charge is -2.11. The van der Waals surface area contributed by atoms with Crippen molar-refractivity contribution in [2.75, 3.05) is 19.5 Å². The molecule has 25 heavy (non-hydrogen) atoms. The fraction of sp³-hybridized carbons (Fsp3) is 0.222. The SMILES string of the molecule is COc1cc(Cl)c(C)cc1NCc1nnc(-c2ccccc2OC)o1. The van der Waals surface area contributed by atoms with Gasteiger partial charge >= 0.3 is 0 Å². The van der Waals surface area contributed by atoms with E-state index in [9.17, 15) is 0 Å². The first-order chi connectivity index (χ1) is 12.1. The molecule has 1 heterocycles. The molecule has 130 valence electrons. The Balaban J connectivity index is 1.78. The minimum Gasteiger partial charge on any atom is -0.496 e. The lowest BCUT2D eigenvalue weighted by molar-refractivity contribution is 0.413. The van der Waals surface area contributed by atoms with Crippen LogP contribution in [0.4, 0.5) is 5.69 Å². The number of benzene rings is 2. The van der Waals surface area contributed by atoms with E-state index in [1.165, 1.54) is 0 Å². The van der Waals surface area contributed by atoms with Crippen LogP contribution in [0.3, 0.4) is 0 Å². The van der Waals surface area contributed by atoms with Crippen LogP contribution in [0.1, 0.15) is 11.5 Å². The van der Waals surface area contributed by atoms with Gasteiger partial charge in [0.05, 0.1) is 32.0 Å². The van der Waals surface area contributed by atoms with Gasteiger partial charge in [-0.25, -0.2) is 0 Å². The molecular formula is C18H18ClN3O3. The number of aryl methyl sites for hydroxylation is 1. The second-order valence-electron chi connectivity index (χ2n) is 5.36. The van der Waals surface area contributed by atoms with Crippen molar-refractivity contribution in [3.63, 3.8) is 0 Å². The molecule has 0 amide bonds. The first-order valence-corrected chi connectivity index (χ1v) is 8.04. The van der Waals surface area contributed by atoms with Crippen LogP contribution in [-0.4, -0.2) is 24.4 Å². The molecule has 0 atom stereocenters. The van der Waals surface area contributed by atoms with Gasteiger partial charge in [-0.2, -0.15) is 0 Å². The van der Waals surface area contributed by atoms with E-state index in [4.69, 9.17) is 25.5 Å². The highest BCUT2D eigenvalue weighted by Crippen LogP contribution is 2.32. The van der Waals surface area contributed by atoms with Crippen LogP contribution in [0.5, 0.6) is 11.5 Å². The summed E-state index contributed by atoms with van der Waals surface area (Å²) in [5.74, 6) is 2.20. The number of rotatable bonds is 6. The second kappa shape index (κ2) is 7.44. The van der Waals surface area contributed by atoms with Gasteiger partial charge < -0.3 is 19.2 Å². The summed E-state index contributed by atoms with van der Waals surface area (Å²) in [6, 6.07) is 11.2. The van der Waals surface area contributed by atoms with Gasteiger partial charge in [-0.15, -0.1) is 10.2 Å². The van der Waals surface area contributed by atoms with E-state index in [0.717, 1.165) is 16.8 Å². The Kier molecular flexibility index (Phi) is 5.09. The van der Waals surface area contributed by atoms with Crippen LogP contribution >= 0.6 is 11.6 Å². The number of nitrogens with one attached hydrogen (secondary N) is 1. The van der Waals surface area contributed by atoms with Crippen LogP contribution < -0.4 is 14.8 Å². The van der Waals surface area contributed by atoms with Crippen LogP contribution in [0.15, 0.2) is 40.8 Å². The van der Waals surface area contributed by atoms with Gasteiger partial charge in [-0.1, -0.05) is 23.7 Å². The number of methoxy groups -OCH3 is 2. The number of halogens is 1. The molecule has 0 unspecified atom stereocenters. The maximum Gasteiger partial charge on any atom is 0.251 e. The zero-order chi connectivity index (χ0) is 17.8. The quantitative estimate of drug-likeness (QED) is 0.706. The normalized spacial score (nSPS) is 10.6. The summed E-state index contributed by atoms with van der Waals surface area (Å²) in [6.45, 7) is 2.29. The van der Waals surface area contributed by atoms with Gasteiger partial charge in [0.2, 0.25) is 5.89 Å². The number of ether oxygens (including phenoxy) is 2. The summed E-state index contributed by atoms with van der Waals surface area (Å²) < 4.78 is 16.4. The van der Waals surface area contributed by atoms with Crippen molar-refractivity contribution in [1.82, 2.24) is 10.2 Å². The minimum absolute atomic E-state index is 0.361. The number of hydrogen-bond donors (Lipinski definition) is 1. The van der Waals surface area contributed by atoms with E-state index in [1.54, 1.807) is 20.3 Å². The van der Waals surface area contributed by atoms with E-state index in [-0.39, 0.29) is 0 Å². The Bertz CT molecular complexity index is 880. The average molecular weight is 360 g/mol. The summed E-state index contributed by atoms with van der Waals surface area (Å²) >= 11 is 6.12. The van der Waals surface area contributed by atoms with Gasteiger partial charge in [0.25, 0.3) is 5.89 Å². The average Bonchev–Trinajstić information content (AvgIpc) is 3.11.